The number of hydrogen-bond acceptors (Lipinski definition) is 1. The minimum Gasteiger partial charge on any atom is -0.388 e. The maximum Gasteiger partial charge on any atom is 0.0778 e. The Kier molecular flexibility index (Phi) is 3.06. The Labute approximate surface area is 98.9 Å². The molecule has 3 rings (SSSR count). The average molecular weight is 220 g/mol. The van der Waals surface area contributed by atoms with Gasteiger partial charge in [0.2, 0.25) is 0 Å². The van der Waals surface area contributed by atoms with E-state index in [0.717, 1.165) is 18.3 Å². The van der Waals surface area contributed by atoms with Crippen molar-refractivity contribution in [2.45, 2.75) is 63.9 Å². The van der Waals surface area contributed by atoms with Gasteiger partial charge in [0.1, 0.15) is 0 Å². The second-order valence-corrected chi connectivity index (χ2v) is 6.16. The van der Waals surface area contributed by atoms with Crippen molar-refractivity contribution in [1.29, 1.82) is 0 Å². The zero-order valence-electron chi connectivity index (χ0n) is 10.2. The SMILES string of the molecule is OC(C1=CCCCCCC1)C1CC2CC2C1. The lowest BCUT2D eigenvalue weighted by molar-refractivity contribution is 0.132. The third-order valence-corrected chi connectivity index (χ3v) is 4.93. The molecule has 0 bridgehead atoms. The van der Waals surface area contributed by atoms with Gasteiger partial charge in [0, 0.05) is 0 Å². The van der Waals surface area contributed by atoms with E-state index in [9.17, 15) is 5.11 Å². The fourth-order valence-corrected chi connectivity index (χ4v) is 3.81. The summed E-state index contributed by atoms with van der Waals surface area (Å²) in [6, 6.07) is 0. The molecule has 0 aromatic carbocycles. The van der Waals surface area contributed by atoms with Crippen LogP contribution >= 0.6 is 0 Å². The van der Waals surface area contributed by atoms with Crippen molar-refractivity contribution in [3.63, 3.8) is 0 Å². The summed E-state index contributed by atoms with van der Waals surface area (Å²) in [5, 5.41) is 10.5. The Bertz CT molecular complexity index is 271. The standard InChI is InChI=1S/C15H24O/c16-15(14-9-12-8-13(12)10-14)11-6-4-2-1-3-5-7-11/h6,12-16H,1-5,7-10H2. The first-order valence-corrected chi connectivity index (χ1v) is 7.21. The molecule has 1 heteroatoms. The average Bonchev–Trinajstić information content (AvgIpc) is 2.84. The van der Waals surface area contributed by atoms with E-state index in [1.54, 1.807) is 0 Å². The van der Waals surface area contributed by atoms with Crippen LogP contribution in [0.25, 0.3) is 0 Å². The van der Waals surface area contributed by atoms with Gasteiger partial charge in [0.25, 0.3) is 0 Å². The summed E-state index contributed by atoms with van der Waals surface area (Å²) in [7, 11) is 0. The van der Waals surface area contributed by atoms with Gasteiger partial charge in [0.05, 0.1) is 6.10 Å². The zero-order chi connectivity index (χ0) is 11.0. The molecule has 1 N–H and O–H groups in total. The van der Waals surface area contributed by atoms with Crippen molar-refractivity contribution in [2.75, 3.05) is 0 Å². The van der Waals surface area contributed by atoms with Crippen LogP contribution in [0, 0.1) is 17.8 Å². The first kappa shape index (κ1) is 10.8. The van der Waals surface area contributed by atoms with E-state index in [2.05, 4.69) is 6.08 Å². The number of rotatable bonds is 2. The summed E-state index contributed by atoms with van der Waals surface area (Å²) in [5.41, 5.74) is 1.38. The summed E-state index contributed by atoms with van der Waals surface area (Å²) in [6.07, 6.45) is 14.1. The van der Waals surface area contributed by atoms with Crippen LogP contribution in [-0.4, -0.2) is 11.2 Å². The molecule has 3 atom stereocenters. The summed E-state index contributed by atoms with van der Waals surface area (Å²) in [4.78, 5) is 0. The van der Waals surface area contributed by atoms with Crippen LogP contribution in [0.5, 0.6) is 0 Å². The van der Waals surface area contributed by atoms with Gasteiger partial charge >= 0.3 is 0 Å². The van der Waals surface area contributed by atoms with E-state index in [1.165, 1.54) is 56.9 Å². The van der Waals surface area contributed by atoms with Crippen molar-refractivity contribution in [3.05, 3.63) is 11.6 Å². The van der Waals surface area contributed by atoms with E-state index in [0.29, 0.717) is 5.92 Å². The summed E-state index contributed by atoms with van der Waals surface area (Å²) in [6.45, 7) is 0. The molecule has 0 aromatic rings. The van der Waals surface area contributed by atoms with Gasteiger partial charge in [-0.05, 0) is 68.3 Å². The minimum absolute atomic E-state index is 0.0918. The van der Waals surface area contributed by atoms with Crippen LogP contribution in [0.1, 0.15) is 57.8 Å². The van der Waals surface area contributed by atoms with Crippen molar-refractivity contribution < 1.29 is 5.11 Å². The van der Waals surface area contributed by atoms with E-state index < -0.39 is 0 Å². The van der Waals surface area contributed by atoms with Crippen molar-refractivity contribution in [3.8, 4) is 0 Å². The Morgan fingerprint density at radius 2 is 1.75 bits per heavy atom. The Morgan fingerprint density at radius 1 is 1.00 bits per heavy atom. The van der Waals surface area contributed by atoms with E-state index in [1.807, 2.05) is 0 Å². The number of allylic oxidation sites excluding steroid dienone is 1. The van der Waals surface area contributed by atoms with Crippen LogP contribution in [0.15, 0.2) is 11.6 Å². The van der Waals surface area contributed by atoms with Crippen LogP contribution in [0.4, 0.5) is 0 Å². The molecule has 2 fully saturated rings. The largest absolute Gasteiger partial charge is 0.388 e. The summed E-state index contributed by atoms with van der Waals surface area (Å²) >= 11 is 0. The maximum atomic E-state index is 10.5. The highest BCUT2D eigenvalue weighted by atomic mass is 16.3. The predicted molar refractivity (Wildman–Crippen MR) is 66.1 cm³/mol. The Balaban J connectivity index is 1.61. The summed E-state index contributed by atoms with van der Waals surface area (Å²) in [5.74, 6) is 2.59. The van der Waals surface area contributed by atoms with E-state index in [-0.39, 0.29) is 6.10 Å². The molecular formula is C15H24O. The van der Waals surface area contributed by atoms with Gasteiger partial charge in [-0.25, -0.2) is 0 Å². The fraction of sp³-hybridized carbons (Fsp3) is 0.867. The number of hydrogen-bond donors (Lipinski definition) is 1. The van der Waals surface area contributed by atoms with Crippen LogP contribution in [0.3, 0.4) is 0 Å². The lowest BCUT2D eigenvalue weighted by Gasteiger charge is -2.23. The molecule has 0 heterocycles. The van der Waals surface area contributed by atoms with Crippen LogP contribution < -0.4 is 0 Å². The second-order valence-electron chi connectivity index (χ2n) is 6.16. The first-order chi connectivity index (χ1) is 7.84. The monoisotopic (exact) mass is 220 g/mol. The number of aliphatic hydroxyl groups is 1. The van der Waals surface area contributed by atoms with Gasteiger partial charge in [-0.1, -0.05) is 18.9 Å². The fourth-order valence-electron chi connectivity index (χ4n) is 3.81. The second kappa shape index (κ2) is 4.52. The maximum absolute atomic E-state index is 10.5. The molecule has 0 saturated heterocycles. The molecule has 0 aliphatic heterocycles. The van der Waals surface area contributed by atoms with Crippen LogP contribution in [-0.2, 0) is 0 Å². The molecule has 0 radical (unpaired) electrons. The highest BCUT2D eigenvalue weighted by Crippen LogP contribution is 2.55. The highest BCUT2D eigenvalue weighted by molar-refractivity contribution is 5.13. The Hall–Kier alpha value is -0.300. The predicted octanol–water partition coefficient (Wildman–Crippen LogP) is 3.67. The van der Waals surface area contributed by atoms with Gasteiger partial charge in [0.15, 0.2) is 0 Å². The Morgan fingerprint density at radius 3 is 2.56 bits per heavy atom. The lowest BCUT2D eigenvalue weighted by Crippen LogP contribution is -2.22. The van der Waals surface area contributed by atoms with E-state index >= 15 is 0 Å². The van der Waals surface area contributed by atoms with Crippen LogP contribution in [0.2, 0.25) is 0 Å². The topological polar surface area (TPSA) is 20.2 Å². The molecule has 0 aromatic heterocycles. The van der Waals surface area contributed by atoms with Crippen molar-refractivity contribution in [2.24, 2.45) is 17.8 Å². The van der Waals surface area contributed by atoms with Gasteiger partial charge in [-0.3, -0.25) is 0 Å². The van der Waals surface area contributed by atoms with Crippen molar-refractivity contribution >= 4 is 0 Å². The minimum atomic E-state index is -0.0918. The lowest BCUT2D eigenvalue weighted by atomic mass is 9.87. The molecule has 0 spiro atoms. The molecule has 16 heavy (non-hydrogen) atoms. The molecular weight excluding hydrogens is 196 g/mol. The van der Waals surface area contributed by atoms with Crippen molar-refractivity contribution in [1.82, 2.24) is 0 Å². The zero-order valence-corrected chi connectivity index (χ0v) is 10.2. The van der Waals surface area contributed by atoms with E-state index in [4.69, 9.17) is 0 Å². The highest BCUT2D eigenvalue weighted by Gasteiger charge is 2.47. The molecule has 3 aliphatic carbocycles. The first-order valence-electron chi connectivity index (χ1n) is 7.21. The quantitative estimate of drug-likeness (QED) is 0.704. The molecule has 1 nitrogen and oxygen atoms in total. The molecule has 0 amide bonds. The smallest absolute Gasteiger partial charge is 0.0778 e. The molecule has 3 unspecified atom stereocenters. The molecule has 90 valence electrons. The molecule has 3 aliphatic rings. The van der Waals surface area contributed by atoms with Gasteiger partial charge < -0.3 is 5.11 Å². The summed E-state index contributed by atoms with van der Waals surface area (Å²) < 4.78 is 0. The van der Waals surface area contributed by atoms with Gasteiger partial charge in [-0.15, -0.1) is 0 Å². The third-order valence-electron chi connectivity index (χ3n) is 4.93. The normalized spacial score (nSPS) is 40.6. The van der Waals surface area contributed by atoms with Gasteiger partial charge in [-0.2, -0.15) is 0 Å². The third kappa shape index (κ3) is 2.20. The number of aliphatic hydroxyl groups excluding tert-OH is 1. The molecule has 2 saturated carbocycles. The number of fused-ring (bicyclic) bond motifs is 1.